The first-order valence-electron chi connectivity index (χ1n) is 5.62. The number of carboxylic acids is 1. The summed E-state index contributed by atoms with van der Waals surface area (Å²) < 4.78 is 6.34. The summed E-state index contributed by atoms with van der Waals surface area (Å²) in [6.45, 7) is 1.51. The third-order valence-electron chi connectivity index (χ3n) is 2.70. The van der Waals surface area contributed by atoms with Gasteiger partial charge in [0, 0.05) is 17.8 Å². The second-order valence-electron chi connectivity index (χ2n) is 4.06. The lowest BCUT2D eigenvalue weighted by Gasteiger charge is -2.10. The minimum atomic E-state index is -1.38. The Morgan fingerprint density at radius 1 is 1.45 bits per heavy atom. The summed E-state index contributed by atoms with van der Waals surface area (Å²) in [6, 6.07) is 4.87. The quantitative estimate of drug-likeness (QED) is 0.935. The number of nitrogens with zero attached hydrogens (tertiary/aromatic N) is 2. The van der Waals surface area contributed by atoms with E-state index in [1.165, 1.54) is 24.9 Å². The van der Waals surface area contributed by atoms with Gasteiger partial charge in [0.2, 0.25) is 11.1 Å². The molecule has 1 heterocycles. The van der Waals surface area contributed by atoms with Gasteiger partial charge in [0.05, 0.1) is 17.8 Å². The second-order valence-corrected chi connectivity index (χ2v) is 4.46. The van der Waals surface area contributed by atoms with E-state index in [2.05, 4.69) is 5.10 Å². The lowest BCUT2D eigenvalue weighted by atomic mass is 10.2. The van der Waals surface area contributed by atoms with E-state index in [0.29, 0.717) is 16.5 Å². The molecular weight excluding hydrogens is 284 g/mol. The summed E-state index contributed by atoms with van der Waals surface area (Å²) in [5, 5.41) is 13.2. The average molecular weight is 295 g/mol. The van der Waals surface area contributed by atoms with E-state index in [4.69, 9.17) is 21.4 Å². The highest BCUT2D eigenvalue weighted by atomic mass is 35.5. The highest BCUT2D eigenvalue weighted by Crippen LogP contribution is 2.24. The van der Waals surface area contributed by atoms with Crippen LogP contribution in [0.4, 0.5) is 0 Å². The molecule has 2 aromatic rings. The van der Waals surface area contributed by atoms with Crippen molar-refractivity contribution in [3.8, 4) is 11.4 Å². The SMILES string of the molecule is COc1ccc(Cl)c(-n2cc(C)c(=O)c(C(=O)O)n2)c1. The first kappa shape index (κ1) is 14.1. The fraction of sp³-hybridized carbons (Fsp3) is 0.154. The zero-order chi connectivity index (χ0) is 14.9. The number of ether oxygens (including phenoxy) is 1. The van der Waals surface area contributed by atoms with Crippen molar-refractivity contribution in [3.05, 3.63) is 50.9 Å². The number of rotatable bonds is 3. The van der Waals surface area contributed by atoms with Crippen LogP contribution in [0.5, 0.6) is 5.75 Å². The molecule has 0 atom stereocenters. The second kappa shape index (κ2) is 5.34. The van der Waals surface area contributed by atoms with Crippen LogP contribution in [0.25, 0.3) is 5.69 Å². The number of carboxylic acid groups (broad SMARTS) is 1. The highest BCUT2D eigenvalue weighted by Gasteiger charge is 2.15. The van der Waals surface area contributed by atoms with Crippen LogP contribution >= 0.6 is 11.6 Å². The maximum Gasteiger partial charge on any atom is 0.360 e. The van der Waals surface area contributed by atoms with E-state index < -0.39 is 17.1 Å². The first-order valence-corrected chi connectivity index (χ1v) is 5.99. The van der Waals surface area contributed by atoms with Gasteiger partial charge in [0.1, 0.15) is 5.75 Å². The molecule has 0 unspecified atom stereocenters. The molecule has 1 N–H and O–H groups in total. The molecule has 0 aliphatic carbocycles. The van der Waals surface area contributed by atoms with Crippen LogP contribution in [-0.2, 0) is 0 Å². The number of methoxy groups -OCH3 is 1. The number of halogens is 1. The smallest absolute Gasteiger partial charge is 0.360 e. The summed E-state index contributed by atoms with van der Waals surface area (Å²) in [5.41, 5.74) is -0.482. The Balaban J connectivity index is 2.70. The molecule has 7 heteroatoms. The first-order chi connectivity index (χ1) is 9.43. The summed E-state index contributed by atoms with van der Waals surface area (Å²) in [6.07, 6.45) is 1.43. The number of hydrogen-bond acceptors (Lipinski definition) is 4. The molecule has 20 heavy (non-hydrogen) atoms. The summed E-state index contributed by atoms with van der Waals surface area (Å²) >= 11 is 6.07. The number of aromatic carboxylic acids is 1. The van der Waals surface area contributed by atoms with Gasteiger partial charge in [-0.25, -0.2) is 9.48 Å². The van der Waals surface area contributed by atoms with Crippen LogP contribution in [0.3, 0.4) is 0 Å². The van der Waals surface area contributed by atoms with E-state index in [1.807, 2.05) is 0 Å². The molecule has 0 aliphatic rings. The van der Waals surface area contributed by atoms with E-state index in [9.17, 15) is 9.59 Å². The molecule has 1 aromatic heterocycles. The fourth-order valence-electron chi connectivity index (χ4n) is 1.67. The molecule has 1 aromatic carbocycles. The maximum atomic E-state index is 11.7. The van der Waals surface area contributed by atoms with Crippen molar-refractivity contribution in [2.75, 3.05) is 7.11 Å². The van der Waals surface area contributed by atoms with Gasteiger partial charge in [-0.2, -0.15) is 5.10 Å². The van der Waals surface area contributed by atoms with Crippen LogP contribution in [0.2, 0.25) is 5.02 Å². The molecule has 0 saturated heterocycles. The number of aryl methyl sites for hydroxylation is 1. The van der Waals surface area contributed by atoms with Crippen LogP contribution < -0.4 is 10.2 Å². The number of hydrogen-bond donors (Lipinski definition) is 1. The van der Waals surface area contributed by atoms with Gasteiger partial charge in [-0.1, -0.05) is 11.6 Å². The number of carbonyl (C=O) groups is 1. The monoisotopic (exact) mass is 294 g/mol. The molecule has 2 rings (SSSR count). The maximum absolute atomic E-state index is 11.7. The topological polar surface area (TPSA) is 81.4 Å². The Kier molecular flexibility index (Phi) is 3.76. The van der Waals surface area contributed by atoms with Crippen LogP contribution in [-0.4, -0.2) is 28.0 Å². The van der Waals surface area contributed by atoms with Crippen molar-refractivity contribution < 1.29 is 14.6 Å². The van der Waals surface area contributed by atoms with Gasteiger partial charge in [0.25, 0.3) is 0 Å². The minimum Gasteiger partial charge on any atom is -0.497 e. The fourth-order valence-corrected chi connectivity index (χ4v) is 1.87. The molecule has 0 saturated carbocycles. The summed E-state index contributed by atoms with van der Waals surface area (Å²) in [7, 11) is 1.50. The van der Waals surface area contributed by atoms with Crippen molar-refractivity contribution in [2.45, 2.75) is 6.92 Å². The van der Waals surface area contributed by atoms with Gasteiger partial charge >= 0.3 is 5.97 Å². The Hall–Kier alpha value is -2.34. The predicted octanol–water partition coefficient (Wildman–Crippen LogP) is 1.90. The molecular formula is C13H11ClN2O4. The van der Waals surface area contributed by atoms with Crippen molar-refractivity contribution in [1.82, 2.24) is 9.78 Å². The summed E-state index contributed by atoms with van der Waals surface area (Å²) in [4.78, 5) is 22.7. The third kappa shape index (κ3) is 2.50. The largest absolute Gasteiger partial charge is 0.497 e. The zero-order valence-electron chi connectivity index (χ0n) is 10.8. The minimum absolute atomic E-state index is 0.260. The van der Waals surface area contributed by atoms with Crippen molar-refractivity contribution in [2.24, 2.45) is 0 Å². The van der Waals surface area contributed by atoms with Crippen molar-refractivity contribution >= 4 is 17.6 Å². The molecule has 0 radical (unpaired) electrons. The van der Waals surface area contributed by atoms with Crippen LogP contribution in [0, 0.1) is 6.92 Å². The van der Waals surface area contributed by atoms with Crippen molar-refractivity contribution in [3.63, 3.8) is 0 Å². The van der Waals surface area contributed by atoms with Gasteiger partial charge in [0.15, 0.2) is 0 Å². The highest BCUT2D eigenvalue weighted by molar-refractivity contribution is 6.32. The van der Waals surface area contributed by atoms with Crippen LogP contribution in [0.15, 0.2) is 29.2 Å². The molecule has 0 fully saturated rings. The van der Waals surface area contributed by atoms with E-state index in [0.717, 1.165) is 0 Å². The Morgan fingerprint density at radius 3 is 2.75 bits per heavy atom. The summed E-state index contributed by atoms with van der Waals surface area (Å²) in [5.74, 6) is -0.842. The zero-order valence-corrected chi connectivity index (χ0v) is 11.5. The Bertz CT molecular complexity index is 740. The lowest BCUT2D eigenvalue weighted by Crippen LogP contribution is -2.23. The Morgan fingerprint density at radius 2 is 2.15 bits per heavy atom. The molecule has 104 valence electrons. The number of benzene rings is 1. The lowest BCUT2D eigenvalue weighted by molar-refractivity contribution is 0.0686. The van der Waals surface area contributed by atoms with E-state index >= 15 is 0 Å². The van der Waals surface area contributed by atoms with Gasteiger partial charge in [-0.05, 0) is 19.1 Å². The predicted molar refractivity (Wildman–Crippen MR) is 73.1 cm³/mol. The van der Waals surface area contributed by atoms with Crippen LogP contribution in [0.1, 0.15) is 16.1 Å². The van der Waals surface area contributed by atoms with E-state index in [-0.39, 0.29) is 5.56 Å². The molecule has 6 nitrogen and oxygen atoms in total. The molecule has 0 spiro atoms. The normalized spacial score (nSPS) is 10.3. The van der Waals surface area contributed by atoms with Gasteiger partial charge in [-0.15, -0.1) is 0 Å². The average Bonchev–Trinajstić information content (AvgIpc) is 2.42. The molecule has 0 amide bonds. The Labute approximate surface area is 119 Å². The number of aromatic nitrogens is 2. The molecule has 0 aliphatic heterocycles. The van der Waals surface area contributed by atoms with Crippen molar-refractivity contribution in [1.29, 1.82) is 0 Å². The van der Waals surface area contributed by atoms with E-state index in [1.54, 1.807) is 18.2 Å². The van der Waals surface area contributed by atoms with Gasteiger partial charge in [-0.3, -0.25) is 4.79 Å². The van der Waals surface area contributed by atoms with Gasteiger partial charge < -0.3 is 9.84 Å². The third-order valence-corrected chi connectivity index (χ3v) is 3.02. The molecule has 0 bridgehead atoms. The standard InChI is InChI=1S/C13H11ClN2O4/c1-7-6-16(15-11(12(7)17)13(18)19)10-5-8(20-2)3-4-9(10)14/h3-6H,1-2H3,(H,18,19).